The third-order valence-corrected chi connectivity index (χ3v) is 3.73. The third-order valence-electron chi connectivity index (χ3n) is 3.73. The Kier molecular flexibility index (Phi) is 3.76. The second kappa shape index (κ2) is 5.70. The van der Waals surface area contributed by atoms with Crippen LogP contribution in [0.3, 0.4) is 0 Å². The van der Waals surface area contributed by atoms with Crippen LogP contribution in [0, 0.1) is 0 Å². The van der Waals surface area contributed by atoms with Crippen LogP contribution in [-0.2, 0) is 6.42 Å². The number of fused-ring (bicyclic) bond motifs is 1. The molecule has 108 valence electrons. The molecule has 3 rings (SSSR count). The smallest absolute Gasteiger partial charge is 0.141 e. The Balaban J connectivity index is 2.19. The van der Waals surface area contributed by atoms with Crippen molar-refractivity contribution in [2.75, 3.05) is 6.54 Å². The van der Waals surface area contributed by atoms with Gasteiger partial charge in [-0.25, -0.2) is 4.98 Å². The number of hydrogen-bond acceptors (Lipinski definition) is 2. The van der Waals surface area contributed by atoms with Crippen LogP contribution >= 0.6 is 0 Å². The minimum Gasteiger partial charge on any atom is -0.330 e. The van der Waals surface area contributed by atoms with E-state index in [0.717, 1.165) is 23.3 Å². The lowest BCUT2D eigenvalue weighted by atomic mass is 10.1. The number of hydrogen-bond donors (Lipinski definition) is 1. The predicted molar refractivity (Wildman–Crippen MR) is 88.3 cm³/mol. The first-order chi connectivity index (χ1) is 10.2. The van der Waals surface area contributed by atoms with Crippen LogP contribution in [0.4, 0.5) is 0 Å². The van der Waals surface area contributed by atoms with Gasteiger partial charge in [0.15, 0.2) is 0 Å². The average Bonchev–Trinajstić information content (AvgIpc) is 2.87. The van der Waals surface area contributed by atoms with Crippen LogP contribution in [-0.4, -0.2) is 16.1 Å². The van der Waals surface area contributed by atoms with Crippen molar-refractivity contribution in [1.82, 2.24) is 9.55 Å². The van der Waals surface area contributed by atoms with Crippen molar-refractivity contribution < 1.29 is 0 Å². The molecule has 0 atom stereocenters. The lowest BCUT2D eigenvalue weighted by Crippen LogP contribution is -2.05. The standard InChI is InChI=1S/C18H21N3/c1-13(2)21-17-9-4-3-8-16(17)20-18(21)15-7-5-6-14(12-15)10-11-19/h3-9,12-13H,10-11,19H2,1-2H3. The summed E-state index contributed by atoms with van der Waals surface area (Å²) in [6.45, 7) is 5.06. The predicted octanol–water partition coefficient (Wildman–Crippen LogP) is 3.79. The molecule has 0 unspecified atom stereocenters. The number of nitrogens with two attached hydrogens (primary N) is 1. The Labute approximate surface area is 125 Å². The molecule has 0 saturated heterocycles. The molecule has 2 aromatic carbocycles. The van der Waals surface area contributed by atoms with Gasteiger partial charge in [0.25, 0.3) is 0 Å². The van der Waals surface area contributed by atoms with Crippen molar-refractivity contribution in [3.8, 4) is 11.4 Å². The van der Waals surface area contributed by atoms with Gasteiger partial charge in [0.05, 0.1) is 11.0 Å². The van der Waals surface area contributed by atoms with Gasteiger partial charge in [-0.3, -0.25) is 0 Å². The second-order valence-corrected chi connectivity index (χ2v) is 5.63. The Morgan fingerprint density at radius 3 is 2.67 bits per heavy atom. The molecule has 0 radical (unpaired) electrons. The molecule has 0 spiro atoms. The maximum absolute atomic E-state index is 5.67. The zero-order chi connectivity index (χ0) is 14.8. The van der Waals surface area contributed by atoms with E-state index >= 15 is 0 Å². The summed E-state index contributed by atoms with van der Waals surface area (Å²) in [4.78, 5) is 4.84. The van der Waals surface area contributed by atoms with E-state index < -0.39 is 0 Å². The molecule has 0 aliphatic rings. The van der Waals surface area contributed by atoms with Gasteiger partial charge in [-0.2, -0.15) is 0 Å². The van der Waals surface area contributed by atoms with Gasteiger partial charge in [0.1, 0.15) is 5.82 Å². The van der Waals surface area contributed by atoms with E-state index in [2.05, 4.69) is 60.9 Å². The van der Waals surface area contributed by atoms with Crippen LogP contribution < -0.4 is 5.73 Å². The summed E-state index contributed by atoms with van der Waals surface area (Å²) < 4.78 is 2.30. The van der Waals surface area contributed by atoms with Crippen molar-refractivity contribution in [2.45, 2.75) is 26.3 Å². The normalized spacial score (nSPS) is 11.4. The summed E-state index contributed by atoms with van der Waals surface area (Å²) in [5.41, 5.74) is 10.3. The highest BCUT2D eigenvalue weighted by Gasteiger charge is 2.14. The van der Waals surface area contributed by atoms with Crippen LogP contribution in [0.15, 0.2) is 48.5 Å². The highest BCUT2D eigenvalue weighted by atomic mass is 15.1. The van der Waals surface area contributed by atoms with Gasteiger partial charge in [0, 0.05) is 11.6 Å². The quantitative estimate of drug-likeness (QED) is 0.789. The third kappa shape index (κ3) is 2.57. The van der Waals surface area contributed by atoms with Crippen LogP contribution in [0.1, 0.15) is 25.5 Å². The number of imidazole rings is 1. The molecule has 3 nitrogen and oxygen atoms in total. The van der Waals surface area contributed by atoms with E-state index in [1.807, 2.05) is 6.07 Å². The highest BCUT2D eigenvalue weighted by Crippen LogP contribution is 2.28. The number of rotatable bonds is 4. The molecule has 0 bridgehead atoms. The van der Waals surface area contributed by atoms with Gasteiger partial charge < -0.3 is 10.3 Å². The van der Waals surface area contributed by atoms with Crippen molar-refractivity contribution in [3.63, 3.8) is 0 Å². The topological polar surface area (TPSA) is 43.8 Å². The zero-order valence-electron chi connectivity index (χ0n) is 12.6. The Bertz CT molecular complexity index is 756. The summed E-state index contributed by atoms with van der Waals surface area (Å²) in [6, 6.07) is 17.2. The SMILES string of the molecule is CC(C)n1c(-c2cccc(CCN)c2)nc2ccccc21. The van der Waals surface area contributed by atoms with Crippen molar-refractivity contribution in [2.24, 2.45) is 5.73 Å². The largest absolute Gasteiger partial charge is 0.330 e. The molecule has 0 saturated carbocycles. The van der Waals surface area contributed by atoms with E-state index in [9.17, 15) is 0 Å². The van der Waals surface area contributed by atoms with E-state index in [1.54, 1.807) is 0 Å². The van der Waals surface area contributed by atoms with E-state index in [4.69, 9.17) is 10.7 Å². The summed E-state index contributed by atoms with van der Waals surface area (Å²) in [5.74, 6) is 1.03. The first-order valence-electron chi connectivity index (χ1n) is 7.47. The Hall–Kier alpha value is -2.13. The van der Waals surface area contributed by atoms with Gasteiger partial charge in [-0.15, -0.1) is 0 Å². The maximum Gasteiger partial charge on any atom is 0.141 e. The maximum atomic E-state index is 5.67. The Morgan fingerprint density at radius 1 is 1.10 bits per heavy atom. The fourth-order valence-electron chi connectivity index (χ4n) is 2.80. The number of benzene rings is 2. The monoisotopic (exact) mass is 279 g/mol. The molecular formula is C18H21N3. The molecule has 21 heavy (non-hydrogen) atoms. The van der Waals surface area contributed by atoms with Crippen LogP contribution in [0.5, 0.6) is 0 Å². The minimum atomic E-state index is 0.366. The van der Waals surface area contributed by atoms with Crippen molar-refractivity contribution in [3.05, 3.63) is 54.1 Å². The molecule has 1 aromatic heterocycles. The first kappa shape index (κ1) is 13.8. The highest BCUT2D eigenvalue weighted by molar-refractivity contribution is 5.80. The molecule has 0 aliphatic carbocycles. The Morgan fingerprint density at radius 2 is 1.90 bits per heavy atom. The average molecular weight is 279 g/mol. The van der Waals surface area contributed by atoms with Gasteiger partial charge in [0.2, 0.25) is 0 Å². The van der Waals surface area contributed by atoms with Gasteiger partial charge in [-0.05, 0) is 50.6 Å². The van der Waals surface area contributed by atoms with Crippen molar-refractivity contribution >= 4 is 11.0 Å². The molecule has 0 amide bonds. The van der Waals surface area contributed by atoms with E-state index in [-0.39, 0.29) is 0 Å². The fourth-order valence-corrected chi connectivity index (χ4v) is 2.80. The van der Waals surface area contributed by atoms with Crippen LogP contribution in [0.2, 0.25) is 0 Å². The summed E-state index contributed by atoms with van der Waals surface area (Å²) in [5, 5.41) is 0. The first-order valence-corrected chi connectivity index (χ1v) is 7.47. The lowest BCUT2D eigenvalue weighted by Gasteiger charge is -2.13. The fraction of sp³-hybridized carbons (Fsp3) is 0.278. The number of para-hydroxylation sites is 2. The molecular weight excluding hydrogens is 258 g/mol. The summed E-state index contributed by atoms with van der Waals surface area (Å²) in [7, 11) is 0. The van der Waals surface area contributed by atoms with Crippen molar-refractivity contribution in [1.29, 1.82) is 0 Å². The summed E-state index contributed by atoms with van der Waals surface area (Å²) >= 11 is 0. The summed E-state index contributed by atoms with van der Waals surface area (Å²) in [6.07, 6.45) is 0.899. The minimum absolute atomic E-state index is 0.366. The second-order valence-electron chi connectivity index (χ2n) is 5.63. The van der Waals surface area contributed by atoms with E-state index in [1.165, 1.54) is 11.1 Å². The number of nitrogens with zero attached hydrogens (tertiary/aromatic N) is 2. The van der Waals surface area contributed by atoms with E-state index in [0.29, 0.717) is 12.6 Å². The molecule has 2 N–H and O–H groups in total. The zero-order valence-corrected chi connectivity index (χ0v) is 12.6. The van der Waals surface area contributed by atoms with Gasteiger partial charge >= 0.3 is 0 Å². The molecule has 3 heteroatoms. The van der Waals surface area contributed by atoms with Crippen LogP contribution in [0.25, 0.3) is 22.4 Å². The molecule has 0 aliphatic heterocycles. The molecule has 0 fully saturated rings. The number of aromatic nitrogens is 2. The lowest BCUT2D eigenvalue weighted by molar-refractivity contribution is 0.624. The molecule has 1 heterocycles. The molecule has 3 aromatic rings. The van der Waals surface area contributed by atoms with Gasteiger partial charge in [-0.1, -0.05) is 30.3 Å².